The van der Waals surface area contributed by atoms with Crippen molar-refractivity contribution in [2.24, 2.45) is 5.92 Å². The van der Waals surface area contributed by atoms with Crippen LogP contribution in [0.3, 0.4) is 0 Å². The maximum Gasteiger partial charge on any atom is 0.0991 e. The standard InChI is InChI=1S/C14H19N3/c1-17-8-2-3-13(11-17)10-16-14-6-4-12(9-15)5-7-14/h4-7,13,16H,2-3,8,10-11H2,1H3. The first-order valence-electron chi connectivity index (χ1n) is 6.20. The van der Waals surface area contributed by atoms with Gasteiger partial charge in [-0.05, 0) is 56.6 Å². The summed E-state index contributed by atoms with van der Waals surface area (Å²) in [6.45, 7) is 3.44. The van der Waals surface area contributed by atoms with E-state index in [1.54, 1.807) is 0 Å². The van der Waals surface area contributed by atoms with Crippen molar-refractivity contribution >= 4 is 5.69 Å². The number of anilines is 1. The number of benzene rings is 1. The van der Waals surface area contributed by atoms with Crippen molar-refractivity contribution in [3.05, 3.63) is 29.8 Å². The Bertz CT molecular complexity index is 391. The molecule has 90 valence electrons. The summed E-state index contributed by atoms with van der Waals surface area (Å²) in [5.41, 5.74) is 1.82. The maximum absolute atomic E-state index is 8.72. The Morgan fingerprint density at radius 3 is 2.82 bits per heavy atom. The fraction of sp³-hybridized carbons (Fsp3) is 0.500. The number of likely N-dealkylation sites (tertiary alicyclic amines) is 1. The predicted molar refractivity (Wildman–Crippen MR) is 69.9 cm³/mol. The third-order valence-electron chi connectivity index (χ3n) is 3.33. The van der Waals surface area contributed by atoms with Gasteiger partial charge in [-0.15, -0.1) is 0 Å². The van der Waals surface area contributed by atoms with E-state index in [0.29, 0.717) is 5.56 Å². The molecule has 2 rings (SSSR count). The molecule has 0 amide bonds. The summed E-state index contributed by atoms with van der Waals surface area (Å²) in [7, 11) is 2.19. The predicted octanol–water partition coefficient (Wildman–Crippen LogP) is 2.31. The molecule has 1 atom stereocenters. The SMILES string of the molecule is CN1CCCC(CNc2ccc(C#N)cc2)C1. The van der Waals surface area contributed by atoms with Crippen molar-refractivity contribution in [2.75, 3.05) is 32.0 Å². The lowest BCUT2D eigenvalue weighted by atomic mass is 9.98. The van der Waals surface area contributed by atoms with Crippen LogP contribution in [0, 0.1) is 17.2 Å². The molecular formula is C14H19N3. The molecule has 1 N–H and O–H groups in total. The van der Waals surface area contributed by atoms with Gasteiger partial charge in [0, 0.05) is 18.8 Å². The largest absolute Gasteiger partial charge is 0.385 e. The van der Waals surface area contributed by atoms with Crippen molar-refractivity contribution < 1.29 is 0 Å². The first kappa shape index (κ1) is 11.9. The minimum absolute atomic E-state index is 0.716. The van der Waals surface area contributed by atoms with Crippen LogP contribution in [-0.4, -0.2) is 31.6 Å². The van der Waals surface area contributed by atoms with Crippen molar-refractivity contribution in [2.45, 2.75) is 12.8 Å². The first-order chi connectivity index (χ1) is 8.28. The highest BCUT2D eigenvalue weighted by Crippen LogP contribution is 2.16. The quantitative estimate of drug-likeness (QED) is 0.864. The van der Waals surface area contributed by atoms with Crippen LogP contribution in [0.2, 0.25) is 0 Å². The van der Waals surface area contributed by atoms with E-state index in [-0.39, 0.29) is 0 Å². The molecule has 1 unspecified atom stereocenters. The molecular weight excluding hydrogens is 210 g/mol. The molecule has 0 radical (unpaired) electrons. The Balaban J connectivity index is 1.83. The third-order valence-corrected chi connectivity index (χ3v) is 3.33. The highest BCUT2D eigenvalue weighted by molar-refractivity contribution is 5.47. The fourth-order valence-corrected chi connectivity index (χ4v) is 2.36. The molecule has 0 bridgehead atoms. The molecule has 1 heterocycles. The topological polar surface area (TPSA) is 39.1 Å². The van der Waals surface area contributed by atoms with Gasteiger partial charge in [0.05, 0.1) is 11.6 Å². The van der Waals surface area contributed by atoms with Gasteiger partial charge in [-0.1, -0.05) is 0 Å². The molecule has 3 nitrogen and oxygen atoms in total. The Kier molecular flexibility index (Phi) is 4.00. The van der Waals surface area contributed by atoms with Gasteiger partial charge in [0.2, 0.25) is 0 Å². The average Bonchev–Trinajstić information content (AvgIpc) is 2.37. The van der Waals surface area contributed by atoms with Crippen LogP contribution in [0.4, 0.5) is 5.69 Å². The number of piperidine rings is 1. The van der Waals surface area contributed by atoms with Gasteiger partial charge in [-0.3, -0.25) is 0 Å². The van der Waals surface area contributed by atoms with Crippen LogP contribution < -0.4 is 5.32 Å². The molecule has 17 heavy (non-hydrogen) atoms. The third kappa shape index (κ3) is 3.47. The van der Waals surface area contributed by atoms with E-state index in [9.17, 15) is 0 Å². The summed E-state index contributed by atoms with van der Waals surface area (Å²) in [6, 6.07) is 9.80. The van der Waals surface area contributed by atoms with Crippen LogP contribution in [0.25, 0.3) is 0 Å². The molecule has 0 aromatic heterocycles. The maximum atomic E-state index is 8.72. The molecule has 3 heteroatoms. The number of nitrogens with one attached hydrogen (secondary N) is 1. The number of hydrogen-bond acceptors (Lipinski definition) is 3. The lowest BCUT2D eigenvalue weighted by molar-refractivity contribution is 0.217. The fourth-order valence-electron chi connectivity index (χ4n) is 2.36. The lowest BCUT2D eigenvalue weighted by Gasteiger charge is -2.29. The van der Waals surface area contributed by atoms with Gasteiger partial charge in [0.1, 0.15) is 0 Å². The van der Waals surface area contributed by atoms with Gasteiger partial charge in [0.25, 0.3) is 0 Å². The molecule has 1 fully saturated rings. The molecule has 0 aliphatic carbocycles. The normalized spacial score (nSPS) is 20.8. The van der Waals surface area contributed by atoms with E-state index in [4.69, 9.17) is 5.26 Å². The van der Waals surface area contributed by atoms with Crippen LogP contribution in [0.1, 0.15) is 18.4 Å². The summed E-state index contributed by atoms with van der Waals surface area (Å²) in [6.07, 6.45) is 2.61. The Labute approximate surface area is 103 Å². The van der Waals surface area contributed by atoms with E-state index < -0.39 is 0 Å². The molecule has 1 aromatic rings. The lowest BCUT2D eigenvalue weighted by Crippen LogP contribution is -2.35. The van der Waals surface area contributed by atoms with E-state index in [1.807, 2.05) is 24.3 Å². The molecule has 1 aromatic carbocycles. The Hall–Kier alpha value is -1.53. The zero-order chi connectivity index (χ0) is 12.1. The monoisotopic (exact) mass is 229 g/mol. The van der Waals surface area contributed by atoms with Crippen molar-refractivity contribution in [3.63, 3.8) is 0 Å². The molecule has 0 saturated carbocycles. The minimum Gasteiger partial charge on any atom is -0.385 e. The summed E-state index contributed by atoms with van der Waals surface area (Å²) >= 11 is 0. The van der Waals surface area contributed by atoms with E-state index in [1.165, 1.54) is 25.9 Å². The summed E-state index contributed by atoms with van der Waals surface area (Å²) < 4.78 is 0. The zero-order valence-corrected chi connectivity index (χ0v) is 10.3. The summed E-state index contributed by atoms with van der Waals surface area (Å²) in [4.78, 5) is 2.40. The number of hydrogen-bond donors (Lipinski definition) is 1. The van der Waals surface area contributed by atoms with Crippen molar-refractivity contribution in [1.29, 1.82) is 5.26 Å². The highest BCUT2D eigenvalue weighted by Gasteiger charge is 2.16. The van der Waals surface area contributed by atoms with Crippen LogP contribution >= 0.6 is 0 Å². The van der Waals surface area contributed by atoms with Crippen LogP contribution in [-0.2, 0) is 0 Å². The van der Waals surface area contributed by atoms with Crippen LogP contribution in [0.5, 0.6) is 0 Å². The molecule has 1 aliphatic rings. The number of nitriles is 1. The molecule has 1 aliphatic heterocycles. The van der Waals surface area contributed by atoms with E-state index >= 15 is 0 Å². The summed E-state index contributed by atoms with van der Waals surface area (Å²) in [5.74, 6) is 0.740. The van der Waals surface area contributed by atoms with Crippen molar-refractivity contribution in [3.8, 4) is 6.07 Å². The minimum atomic E-state index is 0.716. The summed E-state index contributed by atoms with van der Waals surface area (Å²) in [5, 5.41) is 12.2. The zero-order valence-electron chi connectivity index (χ0n) is 10.3. The van der Waals surface area contributed by atoms with E-state index in [2.05, 4.69) is 23.3 Å². The highest BCUT2D eigenvalue weighted by atomic mass is 15.1. The second-order valence-corrected chi connectivity index (χ2v) is 4.84. The van der Waals surface area contributed by atoms with Crippen LogP contribution in [0.15, 0.2) is 24.3 Å². The second kappa shape index (κ2) is 5.70. The molecule has 1 saturated heterocycles. The van der Waals surface area contributed by atoms with Crippen molar-refractivity contribution in [1.82, 2.24) is 4.90 Å². The average molecular weight is 229 g/mol. The van der Waals surface area contributed by atoms with Gasteiger partial charge in [-0.25, -0.2) is 0 Å². The Morgan fingerprint density at radius 1 is 1.41 bits per heavy atom. The van der Waals surface area contributed by atoms with Gasteiger partial charge >= 0.3 is 0 Å². The first-order valence-corrected chi connectivity index (χ1v) is 6.20. The van der Waals surface area contributed by atoms with Gasteiger partial charge < -0.3 is 10.2 Å². The number of nitrogens with zero attached hydrogens (tertiary/aromatic N) is 2. The second-order valence-electron chi connectivity index (χ2n) is 4.84. The number of rotatable bonds is 3. The smallest absolute Gasteiger partial charge is 0.0991 e. The Morgan fingerprint density at radius 2 is 2.18 bits per heavy atom. The molecule has 0 spiro atoms. The van der Waals surface area contributed by atoms with Gasteiger partial charge in [-0.2, -0.15) is 5.26 Å². The van der Waals surface area contributed by atoms with E-state index in [0.717, 1.165) is 18.2 Å². The van der Waals surface area contributed by atoms with Gasteiger partial charge in [0.15, 0.2) is 0 Å².